The molecule has 206 valence electrons. The summed E-state index contributed by atoms with van der Waals surface area (Å²) in [6.07, 6.45) is 11.6. The van der Waals surface area contributed by atoms with Crippen molar-refractivity contribution in [1.29, 1.82) is 5.26 Å². The molecular formula is C30H42N4O4. The second-order valence-electron chi connectivity index (χ2n) is 15.7. The van der Waals surface area contributed by atoms with Crippen molar-refractivity contribution in [3.05, 3.63) is 0 Å². The number of fused-ring (bicyclic) bond motifs is 1. The smallest absolute Gasteiger partial charge is 0.247 e. The molecule has 13 atom stereocenters. The van der Waals surface area contributed by atoms with E-state index in [1.165, 1.54) is 0 Å². The topological polar surface area (TPSA) is 140 Å². The second-order valence-corrected chi connectivity index (χ2v) is 15.7. The Morgan fingerprint density at radius 3 is 1.89 bits per heavy atom. The molecule has 0 aromatic heterocycles. The van der Waals surface area contributed by atoms with Crippen molar-refractivity contribution in [2.75, 3.05) is 0 Å². The molecule has 8 heteroatoms. The number of hydrogen-bond donors (Lipinski definition) is 4. The van der Waals surface area contributed by atoms with E-state index in [9.17, 15) is 25.1 Å². The highest BCUT2D eigenvalue weighted by molar-refractivity contribution is 5.92. The van der Waals surface area contributed by atoms with Gasteiger partial charge in [-0.25, -0.2) is 0 Å². The fourth-order valence-electron chi connectivity index (χ4n) is 12.3. The van der Waals surface area contributed by atoms with Crippen molar-refractivity contribution in [2.45, 2.75) is 125 Å². The number of hydrogen-bond acceptors (Lipinski definition) is 6. The third-order valence-corrected chi connectivity index (χ3v) is 12.7. The van der Waals surface area contributed by atoms with Crippen LogP contribution >= 0.6 is 0 Å². The number of nitrogens with zero attached hydrogens (tertiary/aromatic N) is 2. The predicted octanol–water partition coefficient (Wildman–Crippen LogP) is 1.97. The fraction of sp³-hybridized carbons (Fsp3) is 0.900. The van der Waals surface area contributed by atoms with E-state index in [1.54, 1.807) is 4.90 Å². The van der Waals surface area contributed by atoms with Gasteiger partial charge in [0.05, 0.1) is 23.3 Å². The Morgan fingerprint density at radius 1 is 0.842 bits per heavy atom. The average Bonchev–Trinajstić information content (AvgIpc) is 3.47. The molecule has 38 heavy (non-hydrogen) atoms. The van der Waals surface area contributed by atoms with E-state index in [1.807, 2.05) is 0 Å². The molecule has 10 rings (SSSR count). The van der Waals surface area contributed by atoms with Gasteiger partial charge in [-0.3, -0.25) is 9.59 Å². The van der Waals surface area contributed by atoms with E-state index in [0.717, 1.165) is 77.0 Å². The predicted molar refractivity (Wildman–Crippen MR) is 137 cm³/mol. The average molecular weight is 523 g/mol. The van der Waals surface area contributed by atoms with Crippen LogP contribution in [0.5, 0.6) is 0 Å². The molecule has 1 heterocycles. The van der Waals surface area contributed by atoms with Gasteiger partial charge in [0, 0.05) is 11.5 Å². The highest BCUT2D eigenvalue weighted by Crippen LogP contribution is 2.64. The van der Waals surface area contributed by atoms with Crippen molar-refractivity contribution in [3.63, 3.8) is 0 Å². The largest absolute Gasteiger partial charge is 0.390 e. The third-order valence-electron chi connectivity index (χ3n) is 12.7. The lowest BCUT2D eigenvalue weighted by Gasteiger charge is -2.63. The summed E-state index contributed by atoms with van der Waals surface area (Å²) < 4.78 is 0. The molecule has 8 nitrogen and oxygen atoms in total. The molecule has 9 saturated carbocycles. The van der Waals surface area contributed by atoms with Crippen molar-refractivity contribution in [1.82, 2.24) is 10.2 Å². The minimum atomic E-state index is -0.772. The van der Waals surface area contributed by atoms with E-state index in [4.69, 9.17) is 5.73 Å². The van der Waals surface area contributed by atoms with Crippen LogP contribution in [-0.2, 0) is 9.59 Å². The summed E-state index contributed by atoms with van der Waals surface area (Å²) in [5.74, 6) is 1.58. The molecule has 0 spiro atoms. The quantitative estimate of drug-likeness (QED) is 0.435. The molecule has 9 aliphatic carbocycles. The van der Waals surface area contributed by atoms with E-state index in [2.05, 4.69) is 11.4 Å². The molecule has 0 radical (unpaired) electrons. The number of piperidine rings is 1. The van der Waals surface area contributed by atoms with Gasteiger partial charge in [0.25, 0.3) is 0 Å². The van der Waals surface area contributed by atoms with Crippen LogP contribution in [0.15, 0.2) is 0 Å². The first-order valence-electron chi connectivity index (χ1n) is 15.2. The van der Waals surface area contributed by atoms with E-state index < -0.39 is 40.2 Å². The number of likely N-dealkylation sites (tertiary alicyclic amines) is 1. The summed E-state index contributed by atoms with van der Waals surface area (Å²) in [4.78, 5) is 30.3. The van der Waals surface area contributed by atoms with Crippen LogP contribution in [0, 0.1) is 51.8 Å². The van der Waals surface area contributed by atoms with Crippen LogP contribution in [0.3, 0.4) is 0 Å². The lowest BCUT2D eigenvalue weighted by molar-refractivity contribution is -0.185. The van der Waals surface area contributed by atoms with Gasteiger partial charge in [0.2, 0.25) is 11.8 Å². The zero-order valence-electron chi connectivity index (χ0n) is 22.3. The van der Waals surface area contributed by atoms with Crippen LogP contribution in [-0.4, -0.2) is 62.3 Å². The number of amides is 2. The summed E-state index contributed by atoms with van der Waals surface area (Å²) in [7, 11) is 0. The molecule has 5 N–H and O–H groups in total. The van der Waals surface area contributed by atoms with Gasteiger partial charge >= 0.3 is 0 Å². The first-order valence-corrected chi connectivity index (χ1v) is 15.2. The van der Waals surface area contributed by atoms with E-state index in [0.29, 0.717) is 42.4 Å². The summed E-state index contributed by atoms with van der Waals surface area (Å²) in [6, 6.07) is 0.491. The fourth-order valence-corrected chi connectivity index (χ4v) is 12.3. The van der Waals surface area contributed by atoms with E-state index >= 15 is 0 Å². The Morgan fingerprint density at radius 2 is 1.37 bits per heavy atom. The van der Waals surface area contributed by atoms with E-state index in [-0.39, 0.29) is 17.9 Å². The first kappa shape index (κ1) is 24.1. The van der Waals surface area contributed by atoms with Gasteiger partial charge in [0.15, 0.2) is 0 Å². The van der Waals surface area contributed by atoms with Crippen LogP contribution in [0.25, 0.3) is 0 Å². The molecule has 0 aromatic carbocycles. The number of nitrogens with one attached hydrogen (secondary N) is 1. The number of carbonyl (C=O) groups excluding carboxylic acids is 2. The highest BCUT2D eigenvalue weighted by atomic mass is 16.3. The van der Waals surface area contributed by atoms with Crippen LogP contribution in [0.1, 0.15) is 89.9 Å². The monoisotopic (exact) mass is 522 g/mol. The molecule has 10 fully saturated rings. The minimum absolute atomic E-state index is 0.106. The second kappa shape index (κ2) is 7.53. The van der Waals surface area contributed by atoms with Crippen LogP contribution < -0.4 is 11.1 Å². The lowest BCUT2D eigenvalue weighted by Crippen LogP contribution is -2.69. The van der Waals surface area contributed by atoms with Crippen molar-refractivity contribution in [3.8, 4) is 6.07 Å². The third kappa shape index (κ3) is 3.37. The number of rotatable bonds is 5. The Balaban J connectivity index is 1.12. The molecule has 0 aromatic rings. The number of carbonyl (C=O) groups is 2. The van der Waals surface area contributed by atoms with Gasteiger partial charge in [-0.2, -0.15) is 5.26 Å². The standard InChI is InChI=1S/C30H42N4O4/c31-13-21-3-20-4-22(20)34(21)26(36)24(28-7-18-2-19(8-28)12-30(38,11-18)15-28)33-25(35)23(32)27-5-16-1-17(6-27)10-29(37,9-16)14-27/h16-24,37-38H,1-12,14-15,32H2,(H,33,35)/t16-,17+,18-,19?,20+,21-,22-,23+,24+,27?,28?,29?,30?/m0/s1. The first-order chi connectivity index (χ1) is 18.0. The lowest BCUT2D eigenvalue weighted by atomic mass is 9.45. The molecular weight excluding hydrogens is 480 g/mol. The van der Waals surface area contributed by atoms with Gasteiger partial charge in [-0.05, 0) is 125 Å². The maximum atomic E-state index is 14.4. The highest BCUT2D eigenvalue weighted by Gasteiger charge is 2.65. The minimum Gasteiger partial charge on any atom is -0.390 e. The number of nitrogens with two attached hydrogens (primary N) is 1. The molecule has 10 aliphatic rings. The Bertz CT molecular complexity index is 1100. The van der Waals surface area contributed by atoms with Gasteiger partial charge in [-0.1, -0.05) is 0 Å². The van der Waals surface area contributed by atoms with Gasteiger partial charge in [0.1, 0.15) is 12.1 Å². The zero-order valence-corrected chi connectivity index (χ0v) is 22.3. The summed E-state index contributed by atoms with van der Waals surface area (Å²) in [5.41, 5.74) is 4.45. The number of aliphatic hydroxyl groups is 2. The van der Waals surface area contributed by atoms with Gasteiger partial charge in [-0.15, -0.1) is 0 Å². The molecule has 2 amide bonds. The Labute approximate surface area is 224 Å². The maximum absolute atomic E-state index is 14.4. The van der Waals surface area contributed by atoms with Gasteiger partial charge < -0.3 is 26.2 Å². The number of nitriles is 1. The molecule has 1 saturated heterocycles. The SMILES string of the molecule is N#C[C@@H]1C[C@@H]2C[C@@H]2N1C(=O)[C@@H](NC(=O)[C@@H](N)C12C[C@@H]3C[C@@H](CC(O)(C3)C1)C2)C12CC3C[C@H](CC(O)(C3)C1)C2. The van der Waals surface area contributed by atoms with Crippen molar-refractivity contribution < 1.29 is 19.8 Å². The Hall–Kier alpha value is -1.69. The van der Waals surface area contributed by atoms with Crippen molar-refractivity contribution >= 4 is 11.8 Å². The van der Waals surface area contributed by atoms with Crippen LogP contribution in [0.2, 0.25) is 0 Å². The zero-order chi connectivity index (χ0) is 26.2. The summed E-state index contributed by atoms with van der Waals surface area (Å²) >= 11 is 0. The van der Waals surface area contributed by atoms with Crippen molar-refractivity contribution in [2.24, 2.45) is 46.2 Å². The molecule has 1 aliphatic heterocycles. The molecule has 5 unspecified atom stereocenters. The summed E-state index contributed by atoms with van der Waals surface area (Å²) in [6.45, 7) is 0. The maximum Gasteiger partial charge on any atom is 0.247 e. The Kier molecular flexibility index (Phi) is 4.78. The normalized spacial score (nSPS) is 54.4. The molecule has 8 bridgehead atoms. The summed E-state index contributed by atoms with van der Waals surface area (Å²) in [5, 5.41) is 35.9. The van der Waals surface area contributed by atoms with Crippen LogP contribution in [0.4, 0.5) is 0 Å².